The predicted octanol–water partition coefficient (Wildman–Crippen LogP) is 5.09. The van der Waals surface area contributed by atoms with Gasteiger partial charge in [-0.25, -0.2) is 0 Å². The highest BCUT2D eigenvalue weighted by Crippen LogP contribution is 2.25. The molecule has 0 aliphatic heterocycles. The lowest BCUT2D eigenvalue weighted by atomic mass is 10.1. The summed E-state index contributed by atoms with van der Waals surface area (Å²) >= 11 is 0. The second kappa shape index (κ2) is 10.1. The summed E-state index contributed by atoms with van der Waals surface area (Å²) in [5, 5.41) is 10.9. The number of nitrogens with zero attached hydrogens (tertiary/aromatic N) is 1. The number of allylic oxidation sites excluding steroid dienone is 1. The number of nitro benzene ring substituents is 1. The van der Waals surface area contributed by atoms with Crippen molar-refractivity contribution >= 4 is 17.5 Å². The van der Waals surface area contributed by atoms with Gasteiger partial charge in [0.05, 0.1) is 25.2 Å². The van der Waals surface area contributed by atoms with Crippen LogP contribution in [-0.2, 0) is 6.61 Å². The topological polar surface area (TPSA) is 87.9 Å². The van der Waals surface area contributed by atoms with E-state index in [4.69, 9.17) is 14.2 Å². The first kappa shape index (κ1) is 21.6. The Morgan fingerprint density at radius 2 is 1.74 bits per heavy atom. The number of nitro groups is 1. The van der Waals surface area contributed by atoms with E-state index in [0.717, 1.165) is 11.1 Å². The maximum absolute atomic E-state index is 12.4. The van der Waals surface area contributed by atoms with Crippen LogP contribution in [0.4, 0.5) is 5.69 Å². The van der Waals surface area contributed by atoms with Crippen molar-refractivity contribution in [1.82, 2.24) is 0 Å². The number of ketones is 1. The van der Waals surface area contributed by atoms with Crippen LogP contribution in [0.2, 0.25) is 0 Å². The van der Waals surface area contributed by atoms with Gasteiger partial charge in [-0.15, -0.1) is 0 Å². The summed E-state index contributed by atoms with van der Waals surface area (Å²) in [6, 6.07) is 18.3. The molecule has 0 saturated carbocycles. The van der Waals surface area contributed by atoms with Gasteiger partial charge in [0, 0.05) is 17.2 Å². The Bertz CT molecular complexity index is 1110. The van der Waals surface area contributed by atoms with Gasteiger partial charge in [-0.05, 0) is 54.1 Å². The van der Waals surface area contributed by atoms with E-state index in [1.54, 1.807) is 62.8 Å². The Morgan fingerprint density at radius 1 is 0.968 bits per heavy atom. The zero-order valence-corrected chi connectivity index (χ0v) is 17.1. The SMILES string of the molecule is COc1ccc(C(=O)/C=C/c2ccc(OC)c(COc3cccc([N+](=O)[O-])c3)c2)cc1. The monoisotopic (exact) mass is 419 g/mol. The van der Waals surface area contributed by atoms with E-state index in [1.165, 1.54) is 18.2 Å². The second-order valence-corrected chi connectivity index (χ2v) is 6.54. The van der Waals surface area contributed by atoms with Crippen LogP contribution in [0.3, 0.4) is 0 Å². The lowest BCUT2D eigenvalue weighted by molar-refractivity contribution is -0.384. The fourth-order valence-corrected chi connectivity index (χ4v) is 2.89. The molecule has 0 saturated heterocycles. The highest BCUT2D eigenvalue weighted by atomic mass is 16.6. The fraction of sp³-hybridized carbons (Fsp3) is 0.125. The summed E-state index contributed by atoms with van der Waals surface area (Å²) in [4.78, 5) is 22.8. The third-order valence-corrected chi connectivity index (χ3v) is 4.53. The van der Waals surface area contributed by atoms with Crippen molar-refractivity contribution in [3.8, 4) is 17.2 Å². The van der Waals surface area contributed by atoms with Gasteiger partial charge in [0.2, 0.25) is 0 Å². The zero-order chi connectivity index (χ0) is 22.2. The summed E-state index contributed by atoms with van der Waals surface area (Å²) in [5.74, 6) is 1.55. The van der Waals surface area contributed by atoms with Crippen LogP contribution in [0.5, 0.6) is 17.2 Å². The van der Waals surface area contributed by atoms with Gasteiger partial charge in [0.25, 0.3) is 5.69 Å². The smallest absolute Gasteiger partial charge is 0.273 e. The molecule has 3 aromatic carbocycles. The highest BCUT2D eigenvalue weighted by Gasteiger charge is 2.09. The summed E-state index contributed by atoms with van der Waals surface area (Å²) < 4.78 is 16.2. The van der Waals surface area contributed by atoms with Gasteiger partial charge in [-0.2, -0.15) is 0 Å². The van der Waals surface area contributed by atoms with Crippen molar-refractivity contribution in [2.75, 3.05) is 14.2 Å². The molecule has 7 heteroatoms. The van der Waals surface area contributed by atoms with E-state index in [1.807, 2.05) is 12.1 Å². The molecule has 0 aliphatic rings. The third-order valence-electron chi connectivity index (χ3n) is 4.53. The Balaban J connectivity index is 1.73. The molecule has 0 unspecified atom stereocenters. The molecule has 0 heterocycles. The van der Waals surface area contributed by atoms with Crippen molar-refractivity contribution in [2.45, 2.75) is 6.61 Å². The standard InChI is InChI=1S/C24H21NO6/c1-29-21-10-8-18(9-11-21)23(26)12-6-17-7-13-24(30-2)19(14-17)16-31-22-5-3-4-20(15-22)25(27)28/h3-15H,16H2,1-2H3/b12-6+. The Labute approximate surface area is 179 Å². The van der Waals surface area contributed by atoms with E-state index in [9.17, 15) is 14.9 Å². The lowest BCUT2D eigenvalue weighted by Gasteiger charge is -2.11. The number of rotatable bonds is 9. The van der Waals surface area contributed by atoms with E-state index in [2.05, 4.69) is 0 Å². The zero-order valence-electron chi connectivity index (χ0n) is 17.1. The van der Waals surface area contributed by atoms with Crippen LogP contribution in [0.1, 0.15) is 21.5 Å². The summed E-state index contributed by atoms with van der Waals surface area (Å²) in [7, 11) is 3.12. The first-order valence-corrected chi connectivity index (χ1v) is 9.41. The minimum Gasteiger partial charge on any atom is -0.497 e. The van der Waals surface area contributed by atoms with E-state index < -0.39 is 4.92 Å². The molecular formula is C24H21NO6. The van der Waals surface area contributed by atoms with Gasteiger partial charge in [0.15, 0.2) is 5.78 Å². The van der Waals surface area contributed by atoms with Crippen LogP contribution in [0, 0.1) is 10.1 Å². The minimum atomic E-state index is -0.474. The van der Waals surface area contributed by atoms with Crippen LogP contribution < -0.4 is 14.2 Å². The number of methoxy groups -OCH3 is 2. The van der Waals surface area contributed by atoms with Crippen LogP contribution in [0.15, 0.2) is 72.8 Å². The molecule has 0 N–H and O–H groups in total. The average molecular weight is 419 g/mol. The van der Waals surface area contributed by atoms with E-state index in [-0.39, 0.29) is 18.1 Å². The average Bonchev–Trinajstić information content (AvgIpc) is 2.81. The van der Waals surface area contributed by atoms with Gasteiger partial charge in [0.1, 0.15) is 23.9 Å². The summed E-state index contributed by atoms with van der Waals surface area (Å²) in [6.07, 6.45) is 3.21. The van der Waals surface area contributed by atoms with E-state index in [0.29, 0.717) is 22.8 Å². The number of hydrogen-bond acceptors (Lipinski definition) is 6. The Kier molecular flexibility index (Phi) is 7.01. The van der Waals surface area contributed by atoms with Crippen molar-refractivity contribution in [2.24, 2.45) is 0 Å². The van der Waals surface area contributed by atoms with Crippen molar-refractivity contribution < 1.29 is 23.9 Å². The molecule has 3 rings (SSSR count). The number of ether oxygens (including phenoxy) is 3. The molecule has 0 fully saturated rings. The Morgan fingerprint density at radius 3 is 2.42 bits per heavy atom. The molecule has 7 nitrogen and oxygen atoms in total. The molecule has 31 heavy (non-hydrogen) atoms. The van der Waals surface area contributed by atoms with Gasteiger partial charge in [-0.1, -0.05) is 18.2 Å². The number of benzene rings is 3. The van der Waals surface area contributed by atoms with Gasteiger partial charge >= 0.3 is 0 Å². The number of hydrogen-bond donors (Lipinski definition) is 0. The molecule has 0 amide bonds. The quantitative estimate of drug-likeness (QED) is 0.208. The minimum absolute atomic E-state index is 0.0433. The number of carbonyl (C=O) groups excluding carboxylic acids is 1. The number of carbonyl (C=O) groups is 1. The van der Waals surface area contributed by atoms with Crippen molar-refractivity contribution in [3.05, 3.63) is 99.6 Å². The molecule has 3 aromatic rings. The maximum atomic E-state index is 12.4. The molecular weight excluding hydrogens is 398 g/mol. The first-order valence-electron chi connectivity index (χ1n) is 9.41. The Hall–Kier alpha value is -4.13. The van der Waals surface area contributed by atoms with E-state index >= 15 is 0 Å². The predicted molar refractivity (Wildman–Crippen MR) is 117 cm³/mol. The molecule has 0 radical (unpaired) electrons. The van der Waals surface area contributed by atoms with Crippen molar-refractivity contribution in [3.63, 3.8) is 0 Å². The molecule has 0 aliphatic carbocycles. The van der Waals surface area contributed by atoms with Crippen LogP contribution in [0.25, 0.3) is 6.08 Å². The highest BCUT2D eigenvalue weighted by molar-refractivity contribution is 6.06. The molecule has 0 spiro atoms. The normalized spacial score (nSPS) is 10.6. The molecule has 0 aromatic heterocycles. The molecule has 0 bridgehead atoms. The second-order valence-electron chi connectivity index (χ2n) is 6.54. The van der Waals surface area contributed by atoms with Gasteiger partial charge in [-0.3, -0.25) is 14.9 Å². The fourth-order valence-electron chi connectivity index (χ4n) is 2.89. The summed E-state index contributed by atoms with van der Waals surface area (Å²) in [6.45, 7) is 0.151. The first-order chi connectivity index (χ1) is 15.0. The summed E-state index contributed by atoms with van der Waals surface area (Å²) in [5.41, 5.74) is 2.05. The third kappa shape index (κ3) is 5.70. The van der Waals surface area contributed by atoms with Crippen LogP contribution in [-0.4, -0.2) is 24.9 Å². The molecule has 158 valence electrons. The van der Waals surface area contributed by atoms with Crippen LogP contribution >= 0.6 is 0 Å². The largest absolute Gasteiger partial charge is 0.497 e. The molecule has 0 atom stereocenters. The maximum Gasteiger partial charge on any atom is 0.273 e. The van der Waals surface area contributed by atoms with Gasteiger partial charge < -0.3 is 14.2 Å². The lowest BCUT2D eigenvalue weighted by Crippen LogP contribution is -2.00. The van der Waals surface area contributed by atoms with Crippen molar-refractivity contribution in [1.29, 1.82) is 0 Å². The number of non-ortho nitro benzene ring substituents is 1.